The number of anilines is 1. The summed E-state index contributed by atoms with van der Waals surface area (Å²) in [5.41, 5.74) is 2.22. The van der Waals surface area contributed by atoms with Crippen molar-refractivity contribution in [1.82, 2.24) is 4.98 Å². The molecular formula is C21H21ClN2O5S. The van der Waals surface area contributed by atoms with Crippen LogP contribution in [0.15, 0.2) is 46.9 Å². The smallest absolute Gasteiger partial charge is 0.239 e. The van der Waals surface area contributed by atoms with Gasteiger partial charge in [-0.1, -0.05) is 23.7 Å². The molecule has 2 aromatic carbocycles. The van der Waals surface area contributed by atoms with Gasteiger partial charge in [0.2, 0.25) is 11.8 Å². The number of hydrogen-bond donors (Lipinski definition) is 1. The quantitative estimate of drug-likeness (QED) is 0.582. The number of methoxy groups -OCH3 is 1. The number of hydrogen-bond acceptors (Lipinski definition) is 6. The molecule has 0 aliphatic heterocycles. The highest BCUT2D eigenvalue weighted by atomic mass is 35.5. The number of aryl methyl sites for hydroxylation is 2. The van der Waals surface area contributed by atoms with Crippen LogP contribution in [0.5, 0.6) is 5.75 Å². The predicted octanol–water partition coefficient (Wildman–Crippen LogP) is 4.17. The fourth-order valence-electron chi connectivity index (χ4n) is 2.77. The number of carbonyl (C=O) groups excluding carboxylic acids is 1. The summed E-state index contributed by atoms with van der Waals surface area (Å²) in [7, 11) is -2.22. The molecule has 0 fully saturated rings. The number of amides is 1. The van der Waals surface area contributed by atoms with Gasteiger partial charge in [0, 0.05) is 16.3 Å². The van der Waals surface area contributed by atoms with Crippen molar-refractivity contribution in [1.29, 1.82) is 0 Å². The molecule has 0 aliphatic rings. The molecule has 0 unspecified atom stereocenters. The first-order chi connectivity index (χ1) is 14.2. The fourth-order valence-corrected chi connectivity index (χ4v) is 4.21. The van der Waals surface area contributed by atoms with Gasteiger partial charge in [0.05, 0.1) is 18.6 Å². The Morgan fingerprint density at radius 2 is 1.97 bits per heavy atom. The number of ether oxygens (including phenoxy) is 1. The van der Waals surface area contributed by atoms with E-state index in [4.69, 9.17) is 20.8 Å². The van der Waals surface area contributed by atoms with Gasteiger partial charge in [-0.05, 0) is 49.7 Å². The first-order valence-electron chi connectivity index (χ1n) is 9.04. The Morgan fingerprint density at radius 3 is 2.67 bits per heavy atom. The first-order valence-corrected chi connectivity index (χ1v) is 11.2. The van der Waals surface area contributed by atoms with Crippen molar-refractivity contribution in [2.45, 2.75) is 19.6 Å². The monoisotopic (exact) mass is 448 g/mol. The third-order valence-corrected chi connectivity index (χ3v) is 6.20. The SMILES string of the molecule is COc1cccc(-c2nc(CS(=O)(=O)CC(=O)Nc3ccc(C)c(Cl)c3)c(C)o2)c1. The summed E-state index contributed by atoms with van der Waals surface area (Å²) in [5.74, 6) is -0.444. The van der Waals surface area contributed by atoms with Crippen molar-refractivity contribution in [3.8, 4) is 17.2 Å². The molecule has 3 rings (SSSR count). The average Bonchev–Trinajstić information content (AvgIpc) is 3.04. The number of rotatable bonds is 7. The summed E-state index contributed by atoms with van der Waals surface area (Å²) in [6.45, 7) is 3.47. The van der Waals surface area contributed by atoms with E-state index < -0.39 is 27.3 Å². The lowest BCUT2D eigenvalue weighted by molar-refractivity contribution is -0.113. The lowest BCUT2D eigenvalue weighted by Crippen LogP contribution is -2.24. The number of nitrogens with zero attached hydrogens (tertiary/aromatic N) is 1. The molecule has 0 spiro atoms. The summed E-state index contributed by atoms with van der Waals surface area (Å²) >= 11 is 6.03. The van der Waals surface area contributed by atoms with E-state index in [0.29, 0.717) is 27.8 Å². The standard InChI is InChI=1S/C21H21ClN2O5S/c1-13-7-8-16(10-18(13)22)23-20(25)12-30(26,27)11-19-14(2)29-21(24-19)15-5-4-6-17(9-15)28-3/h4-10H,11-12H2,1-3H3,(H,23,25). The highest BCUT2D eigenvalue weighted by Gasteiger charge is 2.22. The second-order valence-corrected chi connectivity index (χ2v) is 9.27. The molecule has 7 nitrogen and oxygen atoms in total. The van der Waals surface area contributed by atoms with Gasteiger partial charge in [0.15, 0.2) is 9.84 Å². The van der Waals surface area contributed by atoms with E-state index >= 15 is 0 Å². The molecule has 0 aliphatic carbocycles. The van der Waals surface area contributed by atoms with Crippen LogP contribution >= 0.6 is 11.6 Å². The fraction of sp³-hybridized carbons (Fsp3) is 0.238. The number of nitrogens with one attached hydrogen (secondary N) is 1. The van der Waals surface area contributed by atoms with Crippen LogP contribution < -0.4 is 10.1 Å². The van der Waals surface area contributed by atoms with E-state index in [1.54, 1.807) is 56.5 Å². The maximum absolute atomic E-state index is 12.5. The Labute approximate surface area is 180 Å². The zero-order chi connectivity index (χ0) is 21.9. The third kappa shape index (κ3) is 5.40. The molecule has 158 valence electrons. The van der Waals surface area contributed by atoms with Gasteiger partial charge in [0.25, 0.3) is 0 Å². The normalized spacial score (nSPS) is 11.3. The van der Waals surface area contributed by atoms with Crippen LogP contribution in [0.25, 0.3) is 11.5 Å². The highest BCUT2D eigenvalue weighted by Crippen LogP contribution is 2.26. The van der Waals surface area contributed by atoms with Gasteiger partial charge < -0.3 is 14.5 Å². The summed E-state index contributed by atoms with van der Waals surface area (Å²) in [6, 6.07) is 12.1. The van der Waals surface area contributed by atoms with Crippen LogP contribution in [-0.4, -0.2) is 32.2 Å². The van der Waals surface area contributed by atoms with Gasteiger partial charge in [-0.25, -0.2) is 13.4 Å². The molecule has 1 N–H and O–H groups in total. The van der Waals surface area contributed by atoms with Gasteiger partial charge in [-0.2, -0.15) is 0 Å². The second kappa shape index (κ2) is 8.89. The number of halogens is 1. The predicted molar refractivity (Wildman–Crippen MR) is 116 cm³/mol. The highest BCUT2D eigenvalue weighted by molar-refractivity contribution is 7.91. The number of aromatic nitrogens is 1. The Hall–Kier alpha value is -2.84. The minimum Gasteiger partial charge on any atom is -0.497 e. The molecule has 30 heavy (non-hydrogen) atoms. The van der Waals surface area contributed by atoms with E-state index in [0.717, 1.165) is 5.56 Å². The molecule has 0 radical (unpaired) electrons. The number of carbonyl (C=O) groups is 1. The van der Waals surface area contributed by atoms with Crippen molar-refractivity contribution >= 4 is 33.0 Å². The van der Waals surface area contributed by atoms with Gasteiger partial charge in [-0.15, -0.1) is 0 Å². The summed E-state index contributed by atoms with van der Waals surface area (Å²) in [6.07, 6.45) is 0. The molecule has 0 saturated carbocycles. The molecule has 0 atom stereocenters. The van der Waals surface area contributed by atoms with Crippen LogP contribution in [0.3, 0.4) is 0 Å². The number of sulfone groups is 1. The maximum Gasteiger partial charge on any atom is 0.239 e. The van der Waals surface area contributed by atoms with E-state index in [9.17, 15) is 13.2 Å². The molecule has 1 aromatic heterocycles. The zero-order valence-corrected chi connectivity index (χ0v) is 18.3. The van der Waals surface area contributed by atoms with Crippen LogP contribution in [-0.2, 0) is 20.4 Å². The van der Waals surface area contributed by atoms with Crippen molar-refractivity contribution in [2.24, 2.45) is 0 Å². The van der Waals surface area contributed by atoms with Crippen molar-refractivity contribution in [3.05, 3.63) is 64.5 Å². The minimum atomic E-state index is -3.77. The second-order valence-electron chi connectivity index (χ2n) is 6.80. The summed E-state index contributed by atoms with van der Waals surface area (Å²) in [4.78, 5) is 16.5. The van der Waals surface area contributed by atoms with E-state index in [1.165, 1.54) is 0 Å². The van der Waals surface area contributed by atoms with E-state index in [1.807, 2.05) is 6.92 Å². The van der Waals surface area contributed by atoms with Crippen LogP contribution in [0.4, 0.5) is 5.69 Å². The zero-order valence-electron chi connectivity index (χ0n) is 16.7. The molecule has 0 saturated heterocycles. The molecular weight excluding hydrogens is 428 g/mol. The summed E-state index contributed by atoms with van der Waals surface area (Å²) < 4.78 is 35.9. The van der Waals surface area contributed by atoms with Crippen molar-refractivity contribution in [2.75, 3.05) is 18.2 Å². The molecule has 3 aromatic rings. The third-order valence-electron chi connectivity index (χ3n) is 4.37. The Bertz CT molecular complexity index is 1190. The summed E-state index contributed by atoms with van der Waals surface area (Å²) in [5, 5.41) is 3.04. The Balaban J connectivity index is 1.71. The minimum absolute atomic E-state index is 0.263. The Kier molecular flexibility index (Phi) is 6.48. The number of oxazole rings is 1. The largest absolute Gasteiger partial charge is 0.497 e. The van der Waals surface area contributed by atoms with Gasteiger partial charge >= 0.3 is 0 Å². The van der Waals surface area contributed by atoms with E-state index in [-0.39, 0.29) is 11.6 Å². The lowest BCUT2D eigenvalue weighted by Gasteiger charge is -2.07. The van der Waals surface area contributed by atoms with Crippen LogP contribution in [0.1, 0.15) is 17.0 Å². The molecule has 9 heteroatoms. The van der Waals surface area contributed by atoms with Crippen LogP contribution in [0, 0.1) is 13.8 Å². The van der Waals surface area contributed by atoms with Gasteiger partial charge in [0.1, 0.15) is 17.3 Å². The average molecular weight is 449 g/mol. The molecule has 0 bridgehead atoms. The number of benzene rings is 2. The Morgan fingerprint density at radius 1 is 1.20 bits per heavy atom. The van der Waals surface area contributed by atoms with E-state index in [2.05, 4.69) is 10.3 Å². The van der Waals surface area contributed by atoms with Crippen molar-refractivity contribution < 1.29 is 22.4 Å². The molecule has 1 amide bonds. The van der Waals surface area contributed by atoms with Crippen LogP contribution in [0.2, 0.25) is 5.02 Å². The molecule has 1 heterocycles. The lowest BCUT2D eigenvalue weighted by atomic mass is 10.2. The topological polar surface area (TPSA) is 98.5 Å². The maximum atomic E-state index is 12.5. The van der Waals surface area contributed by atoms with Crippen molar-refractivity contribution in [3.63, 3.8) is 0 Å². The first kappa shape index (κ1) is 21.9. The van der Waals surface area contributed by atoms with Gasteiger partial charge in [-0.3, -0.25) is 4.79 Å².